The molecule has 1 fully saturated rings. The molecule has 2 aromatic rings. The second-order valence-corrected chi connectivity index (χ2v) is 9.16. The van der Waals surface area contributed by atoms with Crippen LogP contribution in [0.3, 0.4) is 0 Å². The second kappa shape index (κ2) is 7.65. The number of carbonyl (C=O) groups is 1. The Hall–Kier alpha value is -1.41. The third-order valence-electron chi connectivity index (χ3n) is 4.55. The van der Waals surface area contributed by atoms with Crippen LogP contribution in [0.25, 0.3) is 0 Å². The van der Waals surface area contributed by atoms with Crippen molar-refractivity contribution >= 4 is 30.0 Å². The lowest BCUT2D eigenvalue weighted by Crippen LogP contribution is -2.34. The molecular weight excluding hydrogens is 341 g/mol. The topological polar surface area (TPSA) is 37.4 Å². The zero-order chi connectivity index (χ0) is 17.0. The fourth-order valence-corrected chi connectivity index (χ4v) is 6.78. The van der Waals surface area contributed by atoms with Gasteiger partial charge in [0.2, 0.25) is 0 Å². The van der Waals surface area contributed by atoms with Crippen molar-refractivity contribution in [1.82, 2.24) is 4.67 Å². The van der Waals surface area contributed by atoms with Crippen molar-refractivity contribution in [3.8, 4) is 0 Å². The summed E-state index contributed by atoms with van der Waals surface area (Å²) in [4.78, 5) is 12.8. The van der Waals surface area contributed by atoms with E-state index in [4.69, 9.17) is 11.6 Å². The largest absolute Gasteiger partial charge is 0.301 e. The van der Waals surface area contributed by atoms with Gasteiger partial charge >= 0.3 is 0 Å². The Bertz CT molecular complexity index is 736. The first-order valence-electron chi connectivity index (χ1n) is 8.21. The van der Waals surface area contributed by atoms with Crippen molar-refractivity contribution in [2.24, 2.45) is 0 Å². The van der Waals surface area contributed by atoms with E-state index in [1.54, 1.807) is 12.1 Å². The smallest absolute Gasteiger partial charge is 0.186 e. The molecule has 0 radical (unpaired) electrons. The molecule has 0 spiro atoms. The molecule has 1 unspecified atom stereocenters. The minimum atomic E-state index is -3.01. The van der Waals surface area contributed by atoms with Crippen LogP contribution in [0, 0.1) is 0 Å². The number of ketones is 1. The van der Waals surface area contributed by atoms with Gasteiger partial charge in [0.25, 0.3) is 0 Å². The number of hydrogen-bond donors (Lipinski definition) is 0. The molecule has 24 heavy (non-hydrogen) atoms. The highest BCUT2D eigenvalue weighted by Gasteiger charge is 2.41. The normalized spacial score (nSPS) is 20.6. The first kappa shape index (κ1) is 17.4. The van der Waals surface area contributed by atoms with Gasteiger partial charge in [-0.2, -0.15) is 0 Å². The number of Topliss-reactive ketones (excluding diaryl/α,β-unsaturated/α-hetero) is 1. The van der Waals surface area contributed by atoms with Gasteiger partial charge in [-0.05, 0) is 12.8 Å². The van der Waals surface area contributed by atoms with Gasteiger partial charge in [0.1, 0.15) is 0 Å². The van der Waals surface area contributed by atoms with Gasteiger partial charge in [-0.1, -0.05) is 60.7 Å². The molecule has 1 aliphatic rings. The number of halogens is 1. The van der Waals surface area contributed by atoms with Crippen molar-refractivity contribution in [2.75, 3.05) is 18.6 Å². The molecule has 2 aromatic carbocycles. The lowest BCUT2D eigenvalue weighted by atomic mass is 10.2. The summed E-state index contributed by atoms with van der Waals surface area (Å²) < 4.78 is 16.0. The highest BCUT2D eigenvalue weighted by molar-refractivity contribution is 7.70. The molecule has 0 bridgehead atoms. The van der Waals surface area contributed by atoms with E-state index in [1.165, 1.54) is 0 Å². The molecule has 126 valence electrons. The SMILES string of the molecule is O=C(CP(=O)(c1ccccc1)N1CCC[C@H]1CCl)c1ccccc1. The van der Waals surface area contributed by atoms with E-state index in [9.17, 15) is 9.36 Å². The summed E-state index contributed by atoms with van der Waals surface area (Å²) in [5.74, 6) is 0.360. The van der Waals surface area contributed by atoms with E-state index >= 15 is 0 Å². The molecule has 1 aliphatic heterocycles. The highest BCUT2D eigenvalue weighted by atomic mass is 35.5. The predicted molar refractivity (Wildman–Crippen MR) is 99.8 cm³/mol. The Morgan fingerprint density at radius 2 is 1.71 bits per heavy atom. The van der Waals surface area contributed by atoms with Gasteiger partial charge in [0, 0.05) is 29.3 Å². The fraction of sp³-hybridized carbons (Fsp3) is 0.316. The molecule has 1 heterocycles. The zero-order valence-corrected chi connectivity index (χ0v) is 15.1. The quantitative estimate of drug-likeness (QED) is 0.440. The van der Waals surface area contributed by atoms with Crippen LogP contribution < -0.4 is 5.30 Å². The number of carbonyl (C=O) groups excluding carboxylic acids is 1. The Labute approximate surface area is 148 Å². The number of nitrogens with zero attached hydrogens (tertiary/aromatic N) is 1. The van der Waals surface area contributed by atoms with Crippen LogP contribution in [0.5, 0.6) is 0 Å². The maximum atomic E-state index is 14.0. The van der Waals surface area contributed by atoms with Crippen molar-refractivity contribution in [1.29, 1.82) is 0 Å². The zero-order valence-electron chi connectivity index (χ0n) is 13.5. The molecule has 0 aliphatic carbocycles. The van der Waals surface area contributed by atoms with Crippen molar-refractivity contribution in [3.05, 3.63) is 66.2 Å². The Balaban J connectivity index is 1.97. The number of benzene rings is 2. The monoisotopic (exact) mass is 361 g/mol. The summed E-state index contributed by atoms with van der Waals surface area (Å²) in [6, 6.07) is 18.5. The van der Waals surface area contributed by atoms with Crippen LogP contribution in [0.2, 0.25) is 0 Å². The van der Waals surface area contributed by atoms with Gasteiger partial charge in [0.15, 0.2) is 13.1 Å². The van der Waals surface area contributed by atoms with Crippen LogP contribution in [-0.2, 0) is 4.57 Å². The molecule has 0 amide bonds. The van der Waals surface area contributed by atoms with Gasteiger partial charge < -0.3 is 4.57 Å². The summed E-state index contributed by atoms with van der Waals surface area (Å²) in [6.07, 6.45) is 1.92. The van der Waals surface area contributed by atoms with E-state index in [-0.39, 0.29) is 18.0 Å². The second-order valence-electron chi connectivity index (χ2n) is 6.10. The van der Waals surface area contributed by atoms with E-state index in [0.717, 1.165) is 24.7 Å². The lowest BCUT2D eigenvalue weighted by molar-refractivity contribution is 0.101. The maximum absolute atomic E-state index is 14.0. The fourth-order valence-electron chi connectivity index (χ4n) is 3.30. The van der Waals surface area contributed by atoms with Crippen LogP contribution in [0.1, 0.15) is 23.2 Å². The van der Waals surface area contributed by atoms with Gasteiger partial charge in [-0.25, -0.2) is 4.67 Å². The summed E-state index contributed by atoms with van der Waals surface area (Å²) >= 11 is 6.10. The highest BCUT2D eigenvalue weighted by Crippen LogP contribution is 2.52. The first-order chi connectivity index (χ1) is 11.6. The van der Waals surface area contributed by atoms with Crippen LogP contribution in [0.4, 0.5) is 0 Å². The molecule has 0 N–H and O–H groups in total. The third kappa shape index (κ3) is 3.49. The molecule has 2 atom stereocenters. The molecule has 3 rings (SSSR count). The number of alkyl halides is 1. The standard InChI is InChI=1S/C19H21ClNO2P/c20-14-17-10-7-13-21(17)24(23,18-11-5-2-6-12-18)15-19(22)16-8-3-1-4-9-16/h1-6,8-9,11-12,17H,7,10,13-15H2/t17-,24?/m0/s1. The van der Waals surface area contributed by atoms with E-state index in [2.05, 4.69) is 0 Å². The van der Waals surface area contributed by atoms with Crippen molar-refractivity contribution in [2.45, 2.75) is 18.9 Å². The van der Waals surface area contributed by atoms with E-state index in [1.807, 2.05) is 53.2 Å². The number of hydrogen-bond acceptors (Lipinski definition) is 2. The summed E-state index contributed by atoms with van der Waals surface area (Å²) in [7, 11) is -3.01. The van der Waals surface area contributed by atoms with E-state index < -0.39 is 7.29 Å². The minimum absolute atomic E-state index is 0.0222. The van der Waals surface area contributed by atoms with Crippen LogP contribution in [-0.4, -0.2) is 35.1 Å². The van der Waals surface area contributed by atoms with Crippen LogP contribution in [0.15, 0.2) is 60.7 Å². The molecule has 3 nitrogen and oxygen atoms in total. The third-order valence-corrected chi connectivity index (χ3v) is 8.09. The predicted octanol–water partition coefficient (Wildman–Crippen LogP) is 4.18. The van der Waals surface area contributed by atoms with Gasteiger partial charge in [-0.3, -0.25) is 4.79 Å². The Morgan fingerprint density at radius 3 is 2.33 bits per heavy atom. The van der Waals surface area contributed by atoms with Gasteiger partial charge in [0.05, 0.1) is 6.16 Å². The van der Waals surface area contributed by atoms with Gasteiger partial charge in [-0.15, -0.1) is 11.6 Å². The summed E-state index contributed by atoms with van der Waals surface area (Å²) in [5, 5.41) is 0.742. The molecule has 0 saturated carbocycles. The summed E-state index contributed by atoms with van der Waals surface area (Å²) in [6.45, 7) is 0.728. The Kier molecular flexibility index (Phi) is 5.55. The number of rotatable bonds is 6. The molecule has 1 saturated heterocycles. The average Bonchev–Trinajstić information content (AvgIpc) is 3.12. The average molecular weight is 362 g/mol. The van der Waals surface area contributed by atoms with E-state index in [0.29, 0.717) is 11.4 Å². The van der Waals surface area contributed by atoms with Crippen molar-refractivity contribution < 1.29 is 9.36 Å². The maximum Gasteiger partial charge on any atom is 0.186 e. The minimum Gasteiger partial charge on any atom is -0.301 e. The van der Waals surface area contributed by atoms with Crippen LogP contribution >= 0.6 is 18.9 Å². The van der Waals surface area contributed by atoms with Crippen molar-refractivity contribution in [3.63, 3.8) is 0 Å². The molecule has 0 aromatic heterocycles. The first-order valence-corrected chi connectivity index (χ1v) is 10.6. The summed E-state index contributed by atoms with van der Waals surface area (Å²) in [5.41, 5.74) is 0.607. The lowest BCUT2D eigenvalue weighted by Gasteiger charge is -2.32. The molecular formula is C19H21ClNO2P. The molecule has 5 heteroatoms. The Morgan fingerprint density at radius 1 is 1.08 bits per heavy atom.